The number of fused-ring (bicyclic) bond motifs is 1. The zero-order chi connectivity index (χ0) is 21.5. The average Bonchev–Trinajstić information content (AvgIpc) is 3.10. The molecule has 0 fully saturated rings. The predicted molar refractivity (Wildman–Crippen MR) is 111 cm³/mol. The smallest absolute Gasteiger partial charge is 0.331 e. The predicted octanol–water partition coefficient (Wildman–Crippen LogP) is 3.48. The number of hydrogen-bond donors (Lipinski definition) is 1. The van der Waals surface area contributed by atoms with Gasteiger partial charge in [0.1, 0.15) is 17.6 Å². The highest BCUT2D eigenvalue weighted by Gasteiger charge is 2.21. The van der Waals surface area contributed by atoms with Gasteiger partial charge in [-0.2, -0.15) is 5.26 Å². The third-order valence-electron chi connectivity index (χ3n) is 4.37. The third kappa shape index (κ3) is 5.39. The number of anilines is 1. The van der Waals surface area contributed by atoms with Crippen molar-refractivity contribution in [2.45, 2.75) is 26.4 Å². The van der Waals surface area contributed by atoms with Crippen molar-refractivity contribution in [1.82, 2.24) is 0 Å². The Kier molecular flexibility index (Phi) is 6.71. The number of nitrogens with zero attached hydrogens (tertiary/aromatic N) is 1. The number of benzene rings is 2. The van der Waals surface area contributed by atoms with Crippen LogP contribution in [0.5, 0.6) is 11.5 Å². The van der Waals surface area contributed by atoms with Gasteiger partial charge in [0.05, 0.1) is 18.2 Å². The molecule has 1 heterocycles. The monoisotopic (exact) mass is 406 g/mol. The van der Waals surface area contributed by atoms with Crippen LogP contribution in [0, 0.1) is 11.3 Å². The summed E-state index contributed by atoms with van der Waals surface area (Å²) in [6.07, 6.45) is 3.75. The number of amides is 1. The molecule has 0 aliphatic carbocycles. The van der Waals surface area contributed by atoms with Gasteiger partial charge in [-0.05, 0) is 56.3 Å². The van der Waals surface area contributed by atoms with Crippen molar-refractivity contribution in [3.63, 3.8) is 0 Å². The van der Waals surface area contributed by atoms with E-state index in [9.17, 15) is 9.59 Å². The molecule has 154 valence electrons. The van der Waals surface area contributed by atoms with E-state index in [4.69, 9.17) is 19.5 Å². The first kappa shape index (κ1) is 20.9. The standard InChI is InChI=1S/C23H22N2O5/c1-3-28-20-12-18-10-15(2)30-21(18)11-17(20)6-9-23(27)29-14-22(26)25-19-7-4-16(13-24)5-8-19/h4-9,11-12,15H,3,10,14H2,1-2H3,(H,25,26)/b9-6+/t15-/m0/s1. The lowest BCUT2D eigenvalue weighted by molar-refractivity contribution is -0.142. The lowest BCUT2D eigenvalue weighted by Crippen LogP contribution is -2.20. The molecule has 0 radical (unpaired) electrons. The molecule has 3 rings (SSSR count). The minimum Gasteiger partial charge on any atom is -0.493 e. The molecule has 7 heteroatoms. The Bertz CT molecular complexity index is 1010. The third-order valence-corrected chi connectivity index (χ3v) is 4.37. The molecule has 0 spiro atoms. The van der Waals surface area contributed by atoms with E-state index < -0.39 is 18.5 Å². The molecule has 1 N–H and O–H groups in total. The van der Waals surface area contributed by atoms with Gasteiger partial charge in [-0.15, -0.1) is 0 Å². The van der Waals surface area contributed by atoms with Crippen LogP contribution in [-0.2, 0) is 20.7 Å². The summed E-state index contributed by atoms with van der Waals surface area (Å²) in [7, 11) is 0. The second-order valence-electron chi connectivity index (χ2n) is 6.74. The summed E-state index contributed by atoms with van der Waals surface area (Å²) < 4.78 is 16.4. The van der Waals surface area contributed by atoms with Gasteiger partial charge in [0, 0.05) is 29.3 Å². The van der Waals surface area contributed by atoms with E-state index in [1.54, 1.807) is 30.3 Å². The van der Waals surface area contributed by atoms with Crippen LogP contribution in [0.4, 0.5) is 5.69 Å². The highest BCUT2D eigenvalue weighted by atomic mass is 16.5. The van der Waals surface area contributed by atoms with E-state index in [1.807, 2.05) is 32.0 Å². The number of rotatable bonds is 7. The first-order valence-electron chi connectivity index (χ1n) is 9.59. The van der Waals surface area contributed by atoms with Crippen LogP contribution < -0.4 is 14.8 Å². The minimum atomic E-state index is -0.651. The van der Waals surface area contributed by atoms with E-state index in [2.05, 4.69) is 5.32 Å². The quantitative estimate of drug-likeness (QED) is 0.558. The molecular weight excluding hydrogens is 384 g/mol. The summed E-state index contributed by atoms with van der Waals surface area (Å²) in [5.41, 5.74) is 2.77. The summed E-state index contributed by atoms with van der Waals surface area (Å²) in [6, 6.07) is 12.1. The van der Waals surface area contributed by atoms with Crippen molar-refractivity contribution >= 4 is 23.6 Å². The van der Waals surface area contributed by atoms with Gasteiger partial charge in [-0.1, -0.05) is 0 Å². The summed E-state index contributed by atoms with van der Waals surface area (Å²) in [5, 5.41) is 11.4. The molecular formula is C23H22N2O5. The number of esters is 1. The Labute approximate surface area is 174 Å². The van der Waals surface area contributed by atoms with Crippen LogP contribution in [0.1, 0.15) is 30.5 Å². The number of nitriles is 1. The largest absolute Gasteiger partial charge is 0.493 e. The molecule has 0 saturated carbocycles. The number of carbonyl (C=O) groups is 2. The molecule has 2 aromatic rings. The highest BCUT2D eigenvalue weighted by molar-refractivity contribution is 5.94. The Morgan fingerprint density at radius 2 is 2.07 bits per heavy atom. The maximum atomic E-state index is 12.0. The van der Waals surface area contributed by atoms with E-state index in [0.29, 0.717) is 29.2 Å². The lowest BCUT2D eigenvalue weighted by atomic mass is 10.1. The number of hydrogen-bond acceptors (Lipinski definition) is 6. The maximum absolute atomic E-state index is 12.0. The van der Waals surface area contributed by atoms with Crippen molar-refractivity contribution in [2.75, 3.05) is 18.5 Å². The van der Waals surface area contributed by atoms with Gasteiger partial charge in [0.25, 0.3) is 5.91 Å². The topological polar surface area (TPSA) is 97.6 Å². The van der Waals surface area contributed by atoms with E-state index in [-0.39, 0.29) is 6.10 Å². The van der Waals surface area contributed by atoms with Gasteiger partial charge in [0.15, 0.2) is 6.61 Å². The Balaban J connectivity index is 1.57. The molecule has 0 unspecified atom stereocenters. The maximum Gasteiger partial charge on any atom is 0.331 e. The minimum absolute atomic E-state index is 0.105. The molecule has 1 aliphatic heterocycles. The number of nitrogens with one attached hydrogen (secondary N) is 1. The van der Waals surface area contributed by atoms with Crippen molar-refractivity contribution < 1.29 is 23.8 Å². The van der Waals surface area contributed by atoms with Crippen molar-refractivity contribution in [1.29, 1.82) is 5.26 Å². The Hall–Kier alpha value is -3.79. The molecule has 1 amide bonds. The van der Waals surface area contributed by atoms with Crippen LogP contribution >= 0.6 is 0 Å². The summed E-state index contributed by atoms with van der Waals surface area (Å²) in [6.45, 7) is 3.96. The molecule has 30 heavy (non-hydrogen) atoms. The fourth-order valence-electron chi connectivity index (χ4n) is 3.03. The number of carbonyl (C=O) groups excluding carboxylic acids is 2. The van der Waals surface area contributed by atoms with Crippen LogP contribution in [-0.4, -0.2) is 31.2 Å². The Morgan fingerprint density at radius 3 is 2.77 bits per heavy atom. The van der Waals surface area contributed by atoms with E-state index >= 15 is 0 Å². The molecule has 0 saturated heterocycles. The summed E-state index contributed by atoms with van der Waals surface area (Å²) in [4.78, 5) is 23.9. The lowest BCUT2D eigenvalue weighted by Gasteiger charge is -2.10. The van der Waals surface area contributed by atoms with Crippen molar-refractivity contribution in [3.05, 3.63) is 59.2 Å². The summed E-state index contributed by atoms with van der Waals surface area (Å²) >= 11 is 0. The second-order valence-corrected chi connectivity index (χ2v) is 6.74. The van der Waals surface area contributed by atoms with E-state index in [1.165, 1.54) is 6.08 Å². The van der Waals surface area contributed by atoms with Crippen LogP contribution in [0.15, 0.2) is 42.5 Å². The average molecular weight is 406 g/mol. The van der Waals surface area contributed by atoms with Gasteiger partial charge in [0.2, 0.25) is 0 Å². The molecule has 1 atom stereocenters. The van der Waals surface area contributed by atoms with Crippen LogP contribution in [0.25, 0.3) is 6.08 Å². The zero-order valence-electron chi connectivity index (χ0n) is 16.8. The molecule has 7 nitrogen and oxygen atoms in total. The fraction of sp³-hybridized carbons (Fsp3) is 0.261. The fourth-order valence-corrected chi connectivity index (χ4v) is 3.03. The van der Waals surface area contributed by atoms with Crippen LogP contribution in [0.3, 0.4) is 0 Å². The molecule has 2 aromatic carbocycles. The van der Waals surface area contributed by atoms with Crippen molar-refractivity contribution in [3.8, 4) is 17.6 Å². The first-order chi connectivity index (χ1) is 14.5. The van der Waals surface area contributed by atoms with E-state index in [0.717, 1.165) is 17.7 Å². The molecule has 0 aromatic heterocycles. The van der Waals surface area contributed by atoms with Gasteiger partial charge in [-0.25, -0.2) is 4.79 Å². The van der Waals surface area contributed by atoms with Gasteiger partial charge < -0.3 is 19.5 Å². The highest BCUT2D eigenvalue weighted by Crippen LogP contribution is 2.35. The zero-order valence-corrected chi connectivity index (χ0v) is 16.8. The Morgan fingerprint density at radius 1 is 1.30 bits per heavy atom. The van der Waals surface area contributed by atoms with Gasteiger partial charge in [-0.3, -0.25) is 4.79 Å². The van der Waals surface area contributed by atoms with Crippen molar-refractivity contribution in [2.24, 2.45) is 0 Å². The van der Waals surface area contributed by atoms with Crippen LogP contribution in [0.2, 0.25) is 0 Å². The van der Waals surface area contributed by atoms with Gasteiger partial charge >= 0.3 is 5.97 Å². The molecule has 0 bridgehead atoms. The second kappa shape index (κ2) is 9.61. The summed E-state index contributed by atoms with van der Waals surface area (Å²) in [5.74, 6) is 0.316. The molecule has 1 aliphatic rings. The SMILES string of the molecule is CCOc1cc2c(cc1/C=C/C(=O)OCC(=O)Nc1ccc(C#N)cc1)O[C@@H](C)C2. The first-order valence-corrected chi connectivity index (χ1v) is 9.59. The number of ether oxygens (including phenoxy) is 3. The normalized spacial score (nSPS) is 14.5.